The highest BCUT2D eigenvalue weighted by Gasteiger charge is 2.51. The van der Waals surface area contributed by atoms with Gasteiger partial charge in [0.1, 0.15) is 5.54 Å². The molecule has 1 N–H and O–H groups in total. The fourth-order valence-electron chi connectivity index (χ4n) is 3.14. The maximum Gasteiger partial charge on any atom is 0.325 e. The standard InChI is InChI=1S/C18H16ClN3O4/c1-2-18(13-7-9-14(19)10-8-13)16(23)21(17(24)20-18)11-12-5-3-4-6-15(12)22(25)26/h3-10H,2,11H2,1H3,(H,20,24). The van der Waals surface area contributed by atoms with Crippen LogP contribution < -0.4 is 5.32 Å². The second kappa shape index (κ2) is 6.76. The number of nitrogens with zero attached hydrogens (tertiary/aromatic N) is 2. The number of hydrogen-bond donors (Lipinski definition) is 1. The maximum atomic E-state index is 13.1. The quantitative estimate of drug-likeness (QED) is 0.492. The van der Waals surface area contributed by atoms with E-state index in [1.165, 1.54) is 18.2 Å². The molecule has 1 aliphatic heterocycles. The Bertz CT molecular complexity index is 884. The number of carbonyl (C=O) groups excluding carboxylic acids is 2. The number of rotatable bonds is 5. The summed E-state index contributed by atoms with van der Waals surface area (Å²) >= 11 is 5.91. The summed E-state index contributed by atoms with van der Waals surface area (Å²) in [5.41, 5.74) is -0.420. The third-order valence-electron chi connectivity index (χ3n) is 4.56. The van der Waals surface area contributed by atoms with Crippen LogP contribution in [0.3, 0.4) is 0 Å². The largest absolute Gasteiger partial charge is 0.325 e. The minimum Gasteiger partial charge on any atom is -0.319 e. The molecule has 0 saturated carbocycles. The van der Waals surface area contributed by atoms with Crippen molar-refractivity contribution in [1.29, 1.82) is 0 Å². The molecule has 1 aliphatic rings. The minimum absolute atomic E-state index is 0.131. The molecule has 2 aromatic carbocycles. The Morgan fingerprint density at radius 1 is 1.15 bits per heavy atom. The van der Waals surface area contributed by atoms with E-state index >= 15 is 0 Å². The van der Waals surface area contributed by atoms with E-state index in [1.54, 1.807) is 37.3 Å². The summed E-state index contributed by atoms with van der Waals surface area (Å²) in [4.78, 5) is 37.2. The van der Waals surface area contributed by atoms with Gasteiger partial charge in [0.2, 0.25) is 0 Å². The van der Waals surface area contributed by atoms with Crippen molar-refractivity contribution in [2.24, 2.45) is 0 Å². The SMILES string of the molecule is CCC1(c2ccc(Cl)cc2)NC(=O)N(Cc2ccccc2[N+](=O)[O-])C1=O. The van der Waals surface area contributed by atoms with Crippen molar-refractivity contribution in [2.45, 2.75) is 25.4 Å². The van der Waals surface area contributed by atoms with Gasteiger partial charge in [0.25, 0.3) is 11.6 Å². The van der Waals surface area contributed by atoms with Crippen LogP contribution in [0.1, 0.15) is 24.5 Å². The number of nitro benzene ring substituents is 1. The predicted octanol–water partition coefficient (Wildman–Crippen LogP) is 3.61. The molecule has 1 heterocycles. The first-order chi connectivity index (χ1) is 12.4. The average Bonchev–Trinajstić information content (AvgIpc) is 2.87. The number of imide groups is 1. The van der Waals surface area contributed by atoms with Gasteiger partial charge in [-0.15, -0.1) is 0 Å². The normalized spacial score (nSPS) is 19.5. The molecule has 8 heteroatoms. The van der Waals surface area contributed by atoms with Gasteiger partial charge in [-0.05, 0) is 24.1 Å². The molecule has 0 radical (unpaired) electrons. The molecule has 134 valence electrons. The Balaban J connectivity index is 1.96. The lowest BCUT2D eigenvalue weighted by Crippen LogP contribution is -2.43. The molecular formula is C18H16ClN3O4. The number of nitrogens with one attached hydrogen (secondary N) is 1. The Kier molecular flexibility index (Phi) is 4.65. The lowest BCUT2D eigenvalue weighted by Gasteiger charge is -2.25. The molecule has 0 aliphatic carbocycles. The van der Waals surface area contributed by atoms with E-state index in [9.17, 15) is 19.7 Å². The number of amides is 3. The van der Waals surface area contributed by atoms with Crippen molar-refractivity contribution in [3.05, 3.63) is 74.8 Å². The van der Waals surface area contributed by atoms with Crippen molar-refractivity contribution >= 4 is 29.2 Å². The number of hydrogen-bond acceptors (Lipinski definition) is 4. The van der Waals surface area contributed by atoms with E-state index in [2.05, 4.69) is 5.32 Å². The Morgan fingerprint density at radius 3 is 2.42 bits per heavy atom. The lowest BCUT2D eigenvalue weighted by atomic mass is 9.87. The number of benzene rings is 2. The molecule has 1 fully saturated rings. The van der Waals surface area contributed by atoms with Gasteiger partial charge in [0.05, 0.1) is 11.5 Å². The van der Waals surface area contributed by atoms with Gasteiger partial charge in [0, 0.05) is 16.7 Å². The van der Waals surface area contributed by atoms with Crippen LogP contribution >= 0.6 is 11.6 Å². The van der Waals surface area contributed by atoms with Crippen LogP contribution in [0.15, 0.2) is 48.5 Å². The predicted molar refractivity (Wildman–Crippen MR) is 95.6 cm³/mol. The second-order valence-corrected chi connectivity index (χ2v) is 6.41. The number of urea groups is 1. The molecule has 0 aromatic heterocycles. The highest BCUT2D eigenvalue weighted by Crippen LogP contribution is 2.34. The molecule has 0 spiro atoms. The molecule has 3 rings (SSSR count). The van der Waals surface area contributed by atoms with E-state index in [-0.39, 0.29) is 12.2 Å². The Hall–Kier alpha value is -2.93. The second-order valence-electron chi connectivity index (χ2n) is 5.97. The van der Waals surface area contributed by atoms with Crippen molar-refractivity contribution in [2.75, 3.05) is 0 Å². The van der Waals surface area contributed by atoms with Crippen molar-refractivity contribution < 1.29 is 14.5 Å². The van der Waals surface area contributed by atoms with Crippen LogP contribution in [0, 0.1) is 10.1 Å². The van der Waals surface area contributed by atoms with Gasteiger partial charge in [-0.25, -0.2) is 4.79 Å². The first kappa shape index (κ1) is 17.9. The zero-order valence-corrected chi connectivity index (χ0v) is 14.7. The van der Waals surface area contributed by atoms with Gasteiger partial charge in [-0.1, -0.05) is 48.9 Å². The average molecular weight is 374 g/mol. The van der Waals surface area contributed by atoms with Crippen molar-refractivity contribution in [1.82, 2.24) is 10.2 Å². The molecule has 2 aromatic rings. The summed E-state index contributed by atoms with van der Waals surface area (Å²) in [5.74, 6) is -0.439. The highest BCUT2D eigenvalue weighted by atomic mass is 35.5. The Labute approximate surface area is 154 Å². The smallest absolute Gasteiger partial charge is 0.319 e. The third-order valence-corrected chi connectivity index (χ3v) is 4.81. The van der Waals surface area contributed by atoms with E-state index in [0.717, 1.165) is 4.90 Å². The zero-order chi connectivity index (χ0) is 18.9. The van der Waals surface area contributed by atoms with Gasteiger partial charge >= 0.3 is 6.03 Å². The highest BCUT2D eigenvalue weighted by molar-refractivity contribution is 6.30. The fraction of sp³-hybridized carbons (Fsp3) is 0.222. The van der Waals surface area contributed by atoms with Crippen molar-refractivity contribution in [3.8, 4) is 0 Å². The molecule has 7 nitrogen and oxygen atoms in total. The first-order valence-electron chi connectivity index (χ1n) is 8.01. The summed E-state index contributed by atoms with van der Waals surface area (Å²) in [6.45, 7) is 1.62. The van der Waals surface area contributed by atoms with E-state index in [4.69, 9.17) is 11.6 Å². The maximum absolute atomic E-state index is 13.1. The summed E-state index contributed by atoms with van der Waals surface area (Å²) in [6, 6.07) is 12.2. The number of carbonyl (C=O) groups is 2. The molecule has 0 bridgehead atoms. The van der Waals surface area contributed by atoms with Crippen LogP contribution in [0.25, 0.3) is 0 Å². The molecule has 26 heavy (non-hydrogen) atoms. The number of para-hydroxylation sites is 1. The molecule has 1 unspecified atom stereocenters. The monoisotopic (exact) mass is 373 g/mol. The van der Waals surface area contributed by atoms with Crippen LogP contribution in [0.5, 0.6) is 0 Å². The Morgan fingerprint density at radius 2 is 1.81 bits per heavy atom. The number of nitro groups is 1. The van der Waals surface area contributed by atoms with E-state index < -0.39 is 22.4 Å². The molecule has 1 saturated heterocycles. The van der Waals surface area contributed by atoms with E-state index in [1.807, 2.05) is 0 Å². The number of halogens is 1. The first-order valence-corrected chi connectivity index (χ1v) is 8.39. The molecular weight excluding hydrogens is 358 g/mol. The van der Waals surface area contributed by atoms with Crippen LogP contribution in [0.4, 0.5) is 10.5 Å². The van der Waals surface area contributed by atoms with Crippen LogP contribution in [-0.2, 0) is 16.9 Å². The fourth-order valence-corrected chi connectivity index (χ4v) is 3.26. The van der Waals surface area contributed by atoms with Gasteiger partial charge < -0.3 is 5.32 Å². The van der Waals surface area contributed by atoms with Gasteiger partial charge in [0.15, 0.2) is 0 Å². The molecule has 3 amide bonds. The summed E-state index contributed by atoms with van der Waals surface area (Å²) in [7, 11) is 0. The van der Waals surface area contributed by atoms with Gasteiger partial charge in [-0.3, -0.25) is 19.8 Å². The zero-order valence-electron chi connectivity index (χ0n) is 13.9. The molecule has 1 atom stereocenters. The minimum atomic E-state index is -1.20. The summed E-state index contributed by atoms with van der Waals surface area (Å²) < 4.78 is 0. The van der Waals surface area contributed by atoms with E-state index in [0.29, 0.717) is 22.6 Å². The van der Waals surface area contributed by atoms with Crippen LogP contribution in [0.2, 0.25) is 5.02 Å². The topological polar surface area (TPSA) is 92.6 Å². The van der Waals surface area contributed by atoms with Gasteiger partial charge in [-0.2, -0.15) is 0 Å². The lowest BCUT2D eigenvalue weighted by molar-refractivity contribution is -0.385. The van der Waals surface area contributed by atoms with Crippen molar-refractivity contribution in [3.63, 3.8) is 0 Å². The third kappa shape index (κ3) is 2.90. The van der Waals surface area contributed by atoms with Crippen LogP contribution in [-0.4, -0.2) is 21.8 Å². The summed E-state index contributed by atoms with van der Waals surface area (Å²) in [6.07, 6.45) is 0.340. The summed E-state index contributed by atoms with van der Waals surface area (Å²) in [5, 5.41) is 14.5.